The van der Waals surface area contributed by atoms with Gasteiger partial charge in [0.05, 0.1) is 13.7 Å². The molecule has 1 saturated heterocycles. The van der Waals surface area contributed by atoms with Crippen LogP contribution in [0.1, 0.15) is 31.2 Å². The smallest absolute Gasteiger partial charge is 0.271 e. The van der Waals surface area contributed by atoms with Crippen molar-refractivity contribution in [2.75, 3.05) is 27.4 Å². The lowest BCUT2D eigenvalue weighted by Gasteiger charge is -2.29. The molecule has 0 saturated carbocycles. The SMILES string of the molecule is CON(C)C(=O)C(CCOC1CCCCO1)N(C=O)OCc1ccccc1. The molecule has 8 nitrogen and oxygen atoms in total. The first kappa shape index (κ1) is 21.3. The number of ether oxygens (including phenoxy) is 2. The Morgan fingerprint density at radius 2 is 2.11 bits per heavy atom. The highest BCUT2D eigenvalue weighted by molar-refractivity contribution is 5.82. The summed E-state index contributed by atoms with van der Waals surface area (Å²) in [6.07, 6.45) is 3.43. The van der Waals surface area contributed by atoms with Crippen molar-refractivity contribution in [3.63, 3.8) is 0 Å². The van der Waals surface area contributed by atoms with E-state index in [0.29, 0.717) is 13.0 Å². The van der Waals surface area contributed by atoms with Gasteiger partial charge in [-0.25, -0.2) is 10.1 Å². The van der Waals surface area contributed by atoms with Gasteiger partial charge in [0.1, 0.15) is 12.6 Å². The maximum Gasteiger partial charge on any atom is 0.271 e. The van der Waals surface area contributed by atoms with E-state index in [0.717, 1.165) is 35.0 Å². The maximum absolute atomic E-state index is 12.6. The van der Waals surface area contributed by atoms with Crippen LogP contribution < -0.4 is 0 Å². The standard InChI is InChI=1S/C19H28N2O6/c1-20(24-2)19(23)17(11-13-26-18-10-6-7-12-25-18)21(15-22)27-14-16-8-4-3-5-9-16/h3-5,8-9,15,17-18H,6-7,10-14H2,1-2H3. The van der Waals surface area contributed by atoms with E-state index in [1.165, 1.54) is 14.2 Å². The third-order valence-electron chi connectivity index (χ3n) is 4.34. The van der Waals surface area contributed by atoms with Crippen molar-refractivity contribution >= 4 is 12.3 Å². The van der Waals surface area contributed by atoms with Gasteiger partial charge >= 0.3 is 0 Å². The van der Waals surface area contributed by atoms with E-state index in [-0.39, 0.29) is 25.9 Å². The Kier molecular flexibility index (Phi) is 9.20. The molecule has 0 aromatic heterocycles. The quantitative estimate of drug-likeness (QED) is 0.431. The zero-order valence-electron chi connectivity index (χ0n) is 15.9. The lowest BCUT2D eigenvalue weighted by molar-refractivity contribution is -0.216. The van der Waals surface area contributed by atoms with Crippen LogP contribution in [0.25, 0.3) is 0 Å². The third-order valence-corrected chi connectivity index (χ3v) is 4.34. The molecule has 0 N–H and O–H groups in total. The molecule has 8 heteroatoms. The van der Waals surface area contributed by atoms with E-state index in [2.05, 4.69) is 0 Å². The Hall–Kier alpha value is -2.00. The van der Waals surface area contributed by atoms with Gasteiger partial charge in [-0.15, -0.1) is 0 Å². The van der Waals surface area contributed by atoms with E-state index < -0.39 is 11.9 Å². The molecule has 1 aliphatic heterocycles. The zero-order chi connectivity index (χ0) is 19.5. The van der Waals surface area contributed by atoms with Gasteiger partial charge in [-0.3, -0.25) is 19.3 Å². The predicted molar refractivity (Wildman–Crippen MR) is 96.9 cm³/mol. The number of amides is 2. The fraction of sp³-hybridized carbons (Fsp3) is 0.579. The number of carbonyl (C=O) groups is 2. The van der Waals surface area contributed by atoms with Gasteiger partial charge in [-0.2, -0.15) is 0 Å². The minimum absolute atomic E-state index is 0.173. The van der Waals surface area contributed by atoms with Crippen LogP contribution in [0.3, 0.4) is 0 Å². The number of rotatable bonds is 11. The van der Waals surface area contributed by atoms with Gasteiger partial charge in [-0.05, 0) is 24.8 Å². The molecule has 0 aliphatic carbocycles. The Balaban J connectivity index is 1.95. The average Bonchev–Trinajstić information content (AvgIpc) is 2.73. The van der Waals surface area contributed by atoms with Gasteiger partial charge in [-0.1, -0.05) is 30.3 Å². The van der Waals surface area contributed by atoms with Gasteiger partial charge in [0.2, 0.25) is 6.41 Å². The van der Waals surface area contributed by atoms with Crippen molar-refractivity contribution in [3.05, 3.63) is 35.9 Å². The predicted octanol–water partition coefficient (Wildman–Crippen LogP) is 1.90. The molecule has 2 rings (SSSR count). The number of benzene rings is 1. The number of carbonyl (C=O) groups excluding carboxylic acids is 2. The normalized spacial score (nSPS) is 17.9. The summed E-state index contributed by atoms with van der Waals surface area (Å²) in [6, 6.07) is 8.55. The van der Waals surface area contributed by atoms with Crippen LogP contribution >= 0.6 is 0 Å². The fourth-order valence-corrected chi connectivity index (χ4v) is 2.73. The van der Waals surface area contributed by atoms with Gasteiger partial charge in [0, 0.05) is 20.1 Å². The highest BCUT2D eigenvalue weighted by atomic mass is 16.7. The summed E-state index contributed by atoms with van der Waals surface area (Å²) in [5, 5.41) is 2.10. The summed E-state index contributed by atoms with van der Waals surface area (Å²) < 4.78 is 11.2. The Morgan fingerprint density at radius 3 is 2.74 bits per heavy atom. The second-order valence-electron chi connectivity index (χ2n) is 6.21. The van der Waals surface area contributed by atoms with Crippen molar-refractivity contribution in [2.45, 2.75) is 44.6 Å². The number of hydrogen-bond acceptors (Lipinski definition) is 6. The molecule has 1 aliphatic rings. The van der Waals surface area contributed by atoms with Crippen LogP contribution in [-0.2, 0) is 35.3 Å². The molecule has 1 heterocycles. The molecular formula is C19H28N2O6. The van der Waals surface area contributed by atoms with E-state index in [9.17, 15) is 9.59 Å². The molecule has 0 bridgehead atoms. The van der Waals surface area contributed by atoms with Crippen molar-refractivity contribution in [2.24, 2.45) is 0 Å². The molecule has 0 spiro atoms. The number of likely N-dealkylation sites (N-methyl/N-ethyl adjacent to an activating group) is 1. The van der Waals surface area contributed by atoms with Crippen LogP contribution in [0.4, 0.5) is 0 Å². The third kappa shape index (κ3) is 6.91. The minimum Gasteiger partial charge on any atom is -0.353 e. The van der Waals surface area contributed by atoms with Gasteiger partial charge in [0.15, 0.2) is 6.29 Å². The Labute approximate surface area is 159 Å². The molecule has 1 aromatic carbocycles. The largest absolute Gasteiger partial charge is 0.353 e. The Morgan fingerprint density at radius 1 is 1.33 bits per heavy atom. The summed E-state index contributed by atoms with van der Waals surface area (Å²) >= 11 is 0. The fourth-order valence-electron chi connectivity index (χ4n) is 2.73. The van der Waals surface area contributed by atoms with Crippen LogP contribution in [0, 0.1) is 0 Å². The van der Waals surface area contributed by atoms with Crippen molar-refractivity contribution < 1.29 is 28.7 Å². The summed E-state index contributed by atoms with van der Waals surface area (Å²) in [6.45, 7) is 1.12. The first-order valence-electron chi connectivity index (χ1n) is 9.11. The summed E-state index contributed by atoms with van der Waals surface area (Å²) in [7, 11) is 2.87. The molecular weight excluding hydrogens is 352 g/mol. The number of hydroxylamine groups is 4. The van der Waals surface area contributed by atoms with E-state index in [4.69, 9.17) is 19.1 Å². The second kappa shape index (κ2) is 11.7. The molecule has 1 fully saturated rings. The van der Waals surface area contributed by atoms with Gasteiger partial charge in [0.25, 0.3) is 5.91 Å². The highest BCUT2D eigenvalue weighted by Crippen LogP contribution is 2.16. The summed E-state index contributed by atoms with van der Waals surface area (Å²) in [4.78, 5) is 34.7. The van der Waals surface area contributed by atoms with Crippen molar-refractivity contribution in [1.29, 1.82) is 0 Å². The number of nitrogens with zero attached hydrogens (tertiary/aromatic N) is 2. The molecule has 1 aromatic rings. The summed E-state index contributed by atoms with van der Waals surface area (Å²) in [5.74, 6) is -0.397. The van der Waals surface area contributed by atoms with E-state index >= 15 is 0 Å². The van der Waals surface area contributed by atoms with E-state index in [1.54, 1.807) is 0 Å². The lowest BCUT2D eigenvalue weighted by atomic mass is 10.2. The molecule has 2 atom stereocenters. The minimum atomic E-state index is -0.861. The first-order chi connectivity index (χ1) is 13.2. The van der Waals surface area contributed by atoms with Gasteiger partial charge < -0.3 is 9.47 Å². The van der Waals surface area contributed by atoms with Crippen molar-refractivity contribution in [1.82, 2.24) is 10.1 Å². The van der Waals surface area contributed by atoms with Crippen LogP contribution in [0.15, 0.2) is 30.3 Å². The van der Waals surface area contributed by atoms with Crippen LogP contribution in [0.5, 0.6) is 0 Å². The first-order valence-corrected chi connectivity index (χ1v) is 9.11. The number of hydrogen-bond donors (Lipinski definition) is 0. The monoisotopic (exact) mass is 380 g/mol. The molecule has 27 heavy (non-hydrogen) atoms. The van der Waals surface area contributed by atoms with Crippen molar-refractivity contribution in [3.8, 4) is 0 Å². The molecule has 150 valence electrons. The molecule has 0 radical (unpaired) electrons. The van der Waals surface area contributed by atoms with Crippen LogP contribution in [0.2, 0.25) is 0 Å². The lowest BCUT2D eigenvalue weighted by Crippen LogP contribution is -2.47. The molecule has 2 amide bonds. The van der Waals surface area contributed by atoms with E-state index in [1.807, 2.05) is 30.3 Å². The topological polar surface area (TPSA) is 77.5 Å². The highest BCUT2D eigenvalue weighted by Gasteiger charge is 2.30. The second-order valence-corrected chi connectivity index (χ2v) is 6.21. The molecule has 2 unspecified atom stereocenters. The maximum atomic E-state index is 12.6. The Bertz CT molecular complexity index is 565. The van der Waals surface area contributed by atoms with Crippen LogP contribution in [-0.4, -0.2) is 62.1 Å². The zero-order valence-corrected chi connectivity index (χ0v) is 15.9. The average molecular weight is 380 g/mol. The summed E-state index contributed by atoms with van der Waals surface area (Å²) in [5.41, 5.74) is 0.891.